The van der Waals surface area contributed by atoms with Crippen LogP contribution < -0.4 is 4.57 Å². The lowest BCUT2D eigenvalue weighted by molar-refractivity contribution is -0.680. The molecule has 0 aliphatic rings. The third-order valence-corrected chi connectivity index (χ3v) is 2.52. The van der Waals surface area contributed by atoms with E-state index in [9.17, 15) is 0 Å². The Balaban J connectivity index is 3.44. The molecule has 0 saturated heterocycles. The molecular weight excluding hydrogens is 172 g/mol. The summed E-state index contributed by atoms with van der Waals surface area (Å²) >= 11 is 0. The van der Waals surface area contributed by atoms with E-state index in [2.05, 4.69) is 57.3 Å². The van der Waals surface area contributed by atoms with Crippen LogP contribution in [0.5, 0.6) is 0 Å². The average Bonchev–Trinajstić information content (AvgIpc) is 2.09. The van der Waals surface area contributed by atoms with E-state index < -0.39 is 0 Å². The zero-order valence-electron chi connectivity index (χ0n) is 9.97. The number of hydrogen-bond donors (Lipinski definition) is 0. The van der Waals surface area contributed by atoms with Gasteiger partial charge < -0.3 is 0 Å². The summed E-state index contributed by atoms with van der Waals surface area (Å²) in [6, 6.07) is 0. The molecule has 0 atom stereocenters. The lowest BCUT2D eigenvalue weighted by Gasteiger charge is -2.04. The van der Waals surface area contributed by atoms with Crippen LogP contribution >= 0.6 is 0 Å². The second-order valence-electron chi connectivity index (χ2n) is 4.03. The Morgan fingerprint density at radius 2 is 1.71 bits per heavy atom. The van der Waals surface area contributed by atoms with Crippen LogP contribution in [0.3, 0.4) is 0 Å². The van der Waals surface area contributed by atoms with Crippen LogP contribution in [0, 0.1) is 20.8 Å². The fourth-order valence-corrected chi connectivity index (χ4v) is 1.53. The number of hydrogen-bond acceptors (Lipinski definition) is 1. The van der Waals surface area contributed by atoms with Gasteiger partial charge in [0.05, 0.1) is 0 Å². The van der Waals surface area contributed by atoms with Gasteiger partial charge in [0.1, 0.15) is 18.4 Å². The molecule has 2 nitrogen and oxygen atoms in total. The van der Waals surface area contributed by atoms with Crippen molar-refractivity contribution in [3.63, 3.8) is 0 Å². The topological polar surface area (TPSA) is 16.8 Å². The minimum atomic E-state index is 1.09. The molecule has 0 saturated carbocycles. The molecule has 0 bridgehead atoms. The Bertz CT molecular complexity index is 386. The summed E-state index contributed by atoms with van der Waals surface area (Å²) in [5, 5.41) is 0. The first-order valence-electron chi connectivity index (χ1n) is 4.92. The fourth-order valence-electron chi connectivity index (χ4n) is 1.53. The van der Waals surface area contributed by atoms with Gasteiger partial charge in [-0.15, -0.1) is 0 Å². The molecule has 0 radical (unpaired) electrons. The Morgan fingerprint density at radius 1 is 1.14 bits per heavy atom. The van der Waals surface area contributed by atoms with Gasteiger partial charge in [0.25, 0.3) is 0 Å². The highest BCUT2D eigenvalue weighted by Gasteiger charge is 2.14. The van der Waals surface area contributed by atoms with Crippen molar-refractivity contribution < 1.29 is 4.57 Å². The van der Waals surface area contributed by atoms with Crippen molar-refractivity contribution in [3.8, 4) is 0 Å². The third-order valence-electron chi connectivity index (χ3n) is 2.52. The van der Waals surface area contributed by atoms with E-state index in [0.29, 0.717) is 0 Å². The van der Waals surface area contributed by atoms with Gasteiger partial charge in [-0.25, -0.2) is 4.98 Å². The van der Waals surface area contributed by atoms with Crippen molar-refractivity contribution >= 4 is 6.08 Å². The van der Waals surface area contributed by atoms with Crippen molar-refractivity contribution in [2.45, 2.75) is 34.6 Å². The number of aromatic nitrogens is 2. The van der Waals surface area contributed by atoms with Gasteiger partial charge in [-0.2, -0.15) is 4.57 Å². The molecule has 1 aromatic heterocycles. The van der Waals surface area contributed by atoms with E-state index in [1.165, 1.54) is 17.0 Å². The van der Waals surface area contributed by atoms with Gasteiger partial charge >= 0.3 is 0 Å². The first-order valence-corrected chi connectivity index (χ1v) is 4.92. The van der Waals surface area contributed by atoms with Gasteiger partial charge in [-0.1, -0.05) is 5.57 Å². The minimum Gasteiger partial charge on any atom is -0.245 e. The molecule has 0 fully saturated rings. The van der Waals surface area contributed by atoms with Gasteiger partial charge in [-0.05, 0) is 27.7 Å². The summed E-state index contributed by atoms with van der Waals surface area (Å²) in [5.41, 5.74) is 5.93. The van der Waals surface area contributed by atoms with E-state index in [0.717, 1.165) is 11.4 Å². The molecule has 14 heavy (non-hydrogen) atoms. The minimum absolute atomic E-state index is 1.09. The Labute approximate surface area is 86.3 Å². The second-order valence-corrected chi connectivity index (χ2v) is 4.03. The van der Waals surface area contributed by atoms with E-state index in [-0.39, 0.29) is 0 Å². The monoisotopic (exact) mass is 191 g/mol. The number of allylic oxidation sites excluding steroid dienone is 1. The molecule has 2 heteroatoms. The normalized spacial score (nSPS) is 10.1. The highest BCUT2D eigenvalue weighted by Crippen LogP contribution is 2.08. The average molecular weight is 191 g/mol. The highest BCUT2D eigenvalue weighted by atomic mass is 15.0. The van der Waals surface area contributed by atoms with E-state index >= 15 is 0 Å². The largest absolute Gasteiger partial charge is 0.245 e. The smallest absolute Gasteiger partial charge is 0.226 e. The number of nitrogens with zero attached hydrogens (tertiary/aromatic N) is 2. The molecule has 1 aromatic rings. The Kier molecular flexibility index (Phi) is 3.04. The molecule has 0 spiro atoms. The van der Waals surface area contributed by atoms with Gasteiger partial charge in [0.2, 0.25) is 5.69 Å². The molecule has 0 aliphatic heterocycles. The van der Waals surface area contributed by atoms with Crippen molar-refractivity contribution in [1.29, 1.82) is 0 Å². The van der Waals surface area contributed by atoms with Crippen LogP contribution in [0.25, 0.3) is 6.08 Å². The summed E-state index contributed by atoms with van der Waals surface area (Å²) in [7, 11) is 2.09. The molecular formula is C12H19N2+. The zero-order valence-corrected chi connectivity index (χ0v) is 9.97. The van der Waals surface area contributed by atoms with Crippen LogP contribution in [-0.2, 0) is 7.05 Å². The molecule has 0 unspecified atom stereocenters. The van der Waals surface area contributed by atoms with Gasteiger partial charge in [0.15, 0.2) is 5.69 Å². The van der Waals surface area contributed by atoms with E-state index in [1.807, 2.05) is 0 Å². The highest BCUT2D eigenvalue weighted by molar-refractivity contribution is 5.47. The maximum absolute atomic E-state index is 4.52. The molecule has 0 amide bonds. The third kappa shape index (κ3) is 2.00. The fraction of sp³-hybridized carbons (Fsp3) is 0.500. The van der Waals surface area contributed by atoms with Crippen LogP contribution in [0.15, 0.2) is 5.57 Å². The Hall–Kier alpha value is -1.18. The van der Waals surface area contributed by atoms with Crippen LogP contribution in [0.4, 0.5) is 0 Å². The second kappa shape index (κ2) is 3.91. The first-order chi connectivity index (χ1) is 6.43. The molecule has 1 heterocycles. The zero-order chi connectivity index (χ0) is 10.9. The molecule has 0 aromatic carbocycles. The lowest BCUT2D eigenvalue weighted by atomic mass is 10.2. The number of aryl methyl sites for hydroxylation is 2. The maximum Gasteiger partial charge on any atom is 0.226 e. The standard InChI is InChI=1S/C12H19N2/c1-8(2)7-12-10(4)13-9(3)11(5)14(12)6/h7H,1-6H3/q+1. The van der Waals surface area contributed by atoms with Gasteiger partial charge in [-0.3, -0.25) is 0 Å². The SMILES string of the molecule is CC(C)=Cc1c(C)nc(C)c(C)[n+]1C. The predicted octanol–water partition coefficient (Wildman–Crippen LogP) is 2.25. The quantitative estimate of drug-likeness (QED) is 0.622. The summed E-state index contributed by atoms with van der Waals surface area (Å²) in [4.78, 5) is 4.52. The molecule has 0 aliphatic carbocycles. The van der Waals surface area contributed by atoms with Crippen molar-refractivity contribution in [3.05, 3.63) is 28.3 Å². The molecule has 1 rings (SSSR count). The number of rotatable bonds is 1. The lowest BCUT2D eigenvalue weighted by Crippen LogP contribution is -2.38. The summed E-state index contributed by atoms with van der Waals surface area (Å²) in [5.74, 6) is 0. The summed E-state index contributed by atoms with van der Waals surface area (Å²) in [6.07, 6.45) is 2.18. The van der Waals surface area contributed by atoms with E-state index in [1.54, 1.807) is 0 Å². The van der Waals surface area contributed by atoms with Crippen LogP contribution in [0.1, 0.15) is 36.6 Å². The predicted molar refractivity (Wildman–Crippen MR) is 58.9 cm³/mol. The molecule has 0 N–H and O–H groups in total. The van der Waals surface area contributed by atoms with Crippen molar-refractivity contribution in [1.82, 2.24) is 4.98 Å². The van der Waals surface area contributed by atoms with Crippen LogP contribution in [-0.4, -0.2) is 4.98 Å². The van der Waals surface area contributed by atoms with Crippen molar-refractivity contribution in [2.75, 3.05) is 0 Å². The van der Waals surface area contributed by atoms with Gasteiger partial charge in [0, 0.05) is 13.0 Å². The van der Waals surface area contributed by atoms with E-state index in [4.69, 9.17) is 0 Å². The summed E-state index contributed by atoms with van der Waals surface area (Å²) in [6.45, 7) is 10.4. The van der Waals surface area contributed by atoms with Crippen molar-refractivity contribution in [2.24, 2.45) is 7.05 Å². The maximum atomic E-state index is 4.52. The summed E-state index contributed by atoms with van der Waals surface area (Å²) < 4.78 is 2.20. The molecule has 76 valence electrons. The van der Waals surface area contributed by atoms with Crippen LogP contribution in [0.2, 0.25) is 0 Å². The Morgan fingerprint density at radius 3 is 2.21 bits per heavy atom. The first kappa shape index (κ1) is 10.9.